The van der Waals surface area contributed by atoms with Gasteiger partial charge in [0.25, 0.3) is 5.91 Å². The zero-order chi connectivity index (χ0) is 25.0. The van der Waals surface area contributed by atoms with E-state index >= 15 is 0 Å². The molecule has 0 unspecified atom stereocenters. The summed E-state index contributed by atoms with van der Waals surface area (Å²) < 4.78 is 5.48. The molecule has 8 nitrogen and oxygen atoms in total. The number of likely N-dealkylation sites (tertiary alicyclic amines) is 1. The van der Waals surface area contributed by atoms with Gasteiger partial charge >= 0.3 is 6.09 Å². The lowest BCUT2D eigenvalue weighted by Gasteiger charge is -2.33. The van der Waals surface area contributed by atoms with E-state index in [-0.39, 0.29) is 17.9 Å². The van der Waals surface area contributed by atoms with Crippen LogP contribution in [-0.4, -0.2) is 45.6 Å². The molecule has 1 N–H and O–H groups in total. The third kappa shape index (κ3) is 6.03. The summed E-state index contributed by atoms with van der Waals surface area (Å²) in [7, 11) is 0. The normalized spacial score (nSPS) is 14.3. The number of piperidine rings is 1. The van der Waals surface area contributed by atoms with E-state index in [4.69, 9.17) is 4.74 Å². The van der Waals surface area contributed by atoms with Crippen molar-refractivity contribution in [1.82, 2.24) is 14.9 Å². The first-order chi connectivity index (χ1) is 16.7. The largest absolute Gasteiger partial charge is 0.444 e. The number of ether oxygens (including phenoxy) is 1. The Morgan fingerprint density at radius 2 is 1.94 bits per heavy atom. The Bertz CT molecular complexity index is 1250. The lowest BCUT2D eigenvalue weighted by Crippen LogP contribution is -2.41. The Kier molecular flexibility index (Phi) is 7.12. The maximum Gasteiger partial charge on any atom is 0.410 e. The van der Waals surface area contributed by atoms with Gasteiger partial charge in [0.15, 0.2) is 5.13 Å². The summed E-state index contributed by atoms with van der Waals surface area (Å²) >= 11 is 1.12. The van der Waals surface area contributed by atoms with Crippen LogP contribution in [0, 0.1) is 11.3 Å². The molecule has 180 valence electrons. The SMILES string of the molecule is CC(C)(C)OC(=O)N1CCC(c2cccc(C(=O)Nc3nc(-c4ccccn4)c(C#N)s3)c2)CC1. The highest BCUT2D eigenvalue weighted by Crippen LogP contribution is 2.31. The summed E-state index contributed by atoms with van der Waals surface area (Å²) in [5, 5.41) is 12.6. The lowest BCUT2D eigenvalue weighted by molar-refractivity contribution is 0.0205. The summed E-state index contributed by atoms with van der Waals surface area (Å²) in [4.78, 5) is 36.1. The number of anilines is 1. The molecule has 3 aromatic rings. The van der Waals surface area contributed by atoms with Gasteiger partial charge < -0.3 is 9.64 Å². The number of pyridine rings is 1. The van der Waals surface area contributed by atoms with Crippen molar-refractivity contribution in [1.29, 1.82) is 5.26 Å². The number of aromatic nitrogens is 2. The van der Waals surface area contributed by atoms with Gasteiger partial charge in [0, 0.05) is 24.8 Å². The number of benzene rings is 1. The van der Waals surface area contributed by atoms with Crippen LogP contribution >= 0.6 is 11.3 Å². The fraction of sp³-hybridized carbons (Fsp3) is 0.346. The second-order valence-corrected chi connectivity index (χ2v) is 10.3. The van der Waals surface area contributed by atoms with Crippen molar-refractivity contribution >= 4 is 28.5 Å². The van der Waals surface area contributed by atoms with E-state index in [1.165, 1.54) is 0 Å². The van der Waals surface area contributed by atoms with Crippen LogP contribution in [0.25, 0.3) is 11.4 Å². The van der Waals surface area contributed by atoms with Gasteiger partial charge in [0.05, 0.1) is 5.69 Å². The van der Waals surface area contributed by atoms with Crippen LogP contribution in [0.15, 0.2) is 48.7 Å². The molecule has 2 aromatic heterocycles. The highest BCUT2D eigenvalue weighted by Gasteiger charge is 2.28. The van der Waals surface area contributed by atoms with E-state index in [9.17, 15) is 14.9 Å². The molecule has 0 saturated carbocycles. The van der Waals surface area contributed by atoms with Gasteiger partial charge in [-0.15, -0.1) is 0 Å². The number of hydrogen-bond donors (Lipinski definition) is 1. The number of hydrogen-bond acceptors (Lipinski definition) is 7. The zero-order valence-electron chi connectivity index (χ0n) is 19.9. The fourth-order valence-electron chi connectivity index (χ4n) is 3.95. The molecule has 1 aliphatic heterocycles. The van der Waals surface area contributed by atoms with Crippen molar-refractivity contribution in [3.8, 4) is 17.5 Å². The molecule has 1 aliphatic rings. The van der Waals surface area contributed by atoms with Crippen molar-refractivity contribution in [2.24, 2.45) is 0 Å². The van der Waals surface area contributed by atoms with E-state index in [1.807, 2.05) is 45.0 Å². The number of nitrogens with one attached hydrogen (secondary N) is 1. The summed E-state index contributed by atoms with van der Waals surface area (Å²) in [6.45, 7) is 6.81. The van der Waals surface area contributed by atoms with Crippen LogP contribution in [0.2, 0.25) is 0 Å². The standard InChI is InChI=1S/C26H27N5O3S/c1-26(2,3)34-25(33)31-13-10-17(11-14-31)18-7-6-8-19(15-18)23(32)30-24-29-22(21(16-27)35-24)20-9-4-5-12-28-20/h4-9,12,15,17H,10-11,13-14H2,1-3H3,(H,29,30,32). The molecule has 2 amide bonds. The van der Waals surface area contributed by atoms with Crippen molar-refractivity contribution in [2.75, 3.05) is 18.4 Å². The van der Waals surface area contributed by atoms with Gasteiger partial charge in [0.2, 0.25) is 0 Å². The number of carbonyl (C=O) groups is 2. The summed E-state index contributed by atoms with van der Waals surface area (Å²) in [5.41, 5.74) is 2.11. The maximum atomic E-state index is 13.0. The Morgan fingerprint density at radius 1 is 1.17 bits per heavy atom. The summed E-state index contributed by atoms with van der Waals surface area (Å²) in [5.74, 6) is -0.0360. The first kappa shape index (κ1) is 24.4. The van der Waals surface area contributed by atoms with Gasteiger partial charge in [-0.3, -0.25) is 15.1 Å². The maximum absolute atomic E-state index is 13.0. The second kappa shape index (κ2) is 10.2. The molecule has 35 heavy (non-hydrogen) atoms. The molecule has 0 aliphatic carbocycles. The van der Waals surface area contributed by atoms with Crippen molar-refractivity contribution < 1.29 is 14.3 Å². The Balaban J connectivity index is 1.42. The smallest absolute Gasteiger partial charge is 0.410 e. The number of carbonyl (C=O) groups excluding carboxylic acids is 2. The van der Waals surface area contributed by atoms with Crippen molar-refractivity contribution in [3.63, 3.8) is 0 Å². The predicted molar refractivity (Wildman–Crippen MR) is 134 cm³/mol. The minimum absolute atomic E-state index is 0.252. The average Bonchev–Trinajstić information content (AvgIpc) is 3.26. The highest BCUT2D eigenvalue weighted by molar-refractivity contribution is 7.16. The van der Waals surface area contributed by atoms with E-state index in [0.29, 0.717) is 40.0 Å². The third-order valence-electron chi connectivity index (χ3n) is 5.62. The van der Waals surface area contributed by atoms with Crippen LogP contribution in [0.3, 0.4) is 0 Å². The first-order valence-corrected chi connectivity index (χ1v) is 12.3. The molecular weight excluding hydrogens is 462 g/mol. The lowest BCUT2D eigenvalue weighted by atomic mass is 9.88. The number of rotatable bonds is 4. The quantitative estimate of drug-likeness (QED) is 0.522. The van der Waals surface area contributed by atoms with Crippen LogP contribution in [0.4, 0.5) is 9.93 Å². The van der Waals surface area contributed by atoms with E-state index in [1.54, 1.807) is 29.3 Å². The van der Waals surface area contributed by atoms with E-state index in [2.05, 4.69) is 21.4 Å². The molecule has 3 heterocycles. The van der Waals surface area contributed by atoms with Crippen LogP contribution in [0.5, 0.6) is 0 Å². The molecular formula is C26H27N5O3S. The van der Waals surface area contributed by atoms with E-state index < -0.39 is 5.60 Å². The van der Waals surface area contributed by atoms with Gasteiger partial charge in [-0.1, -0.05) is 29.5 Å². The van der Waals surface area contributed by atoms with Gasteiger partial charge in [-0.25, -0.2) is 9.78 Å². The monoisotopic (exact) mass is 489 g/mol. The van der Waals surface area contributed by atoms with Crippen molar-refractivity contribution in [2.45, 2.75) is 45.1 Å². The minimum Gasteiger partial charge on any atom is -0.444 e. The molecule has 1 saturated heterocycles. The predicted octanol–water partition coefficient (Wildman–Crippen LogP) is 5.44. The molecule has 0 spiro atoms. The Hall–Kier alpha value is -3.77. The van der Waals surface area contributed by atoms with Gasteiger partial charge in [-0.05, 0) is 69.4 Å². The van der Waals surface area contributed by atoms with Crippen LogP contribution < -0.4 is 5.32 Å². The first-order valence-electron chi connectivity index (χ1n) is 11.4. The number of nitrogens with zero attached hydrogens (tertiary/aromatic N) is 4. The molecule has 9 heteroatoms. The molecule has 1 fully saturated rings. The van der Waals surface area contributed by atoms with Gasteiger partial charge in [0.1, 0.15) is 22.2 Å². The Morgan fingerprint density at radius 3 is 2.60 bits per heavy atom. The average molecular weight is 490 g/mol. The number of nitriles is 1. The van der Waals surface area contributed by atoms with E-state index in [0.717, 1.165) is 29.7 Å². The molecule has 0 radical (unpaired) electrons. The Labute approximate surface area is 208 Å². The number of amides is 2. The van der Waals surface area contributed by atoms with Crippen LogP contribution in [-0.2, 0) is 4.74 Å². The number of thiazole rings is 1. The molecule has 0 bridgehead atoms. The second-order valence-electron chi connectivity index (χ2n) is 9.34. The highest BCUT2D eigenvalue weighted by atomic mass is 32.1. The topological polar surface area (TPSA) is 108 Å². The third-order valence-corrected chi connectivity index (χ3v) is 6.50. The fourth-order valence-corrected chi connectivity index (χ4v) is 4.72. The van der Waals surface area contributed by atoms with Crippen LogP contribution in [0.1, 0.15) is 60.3 Å². The summed E-state index contributed by atoms with van der Waals surface area (Å²) in [6, 6.07) is 15.1. The van der Waals surface area contributed by atoms with Gasteiger partial charge in [-0.2, -0.15) is 5.26 Å². The molecule has 4 rings (SSSR count). The summed E-state index contributed by atoms with van der Waals surface area (Å²) in [6.07, 6.45) is 2.96. The van der Waals surface area contributed by atoms with Crippen molar-refractivity contribution in [3.05, 3.63) is 64.7 Å². The molecule has 0 atom stereocenters. The minimum atomic E-state index is -0.514. The zero-order valence-corrected chi connectivity index (χ0v) is 20.8. The molecule has 1 aromatic carbocycles.